The lowest BCUT2D eigenvalue weighted by molar-refractivity contribution is 0.0600. The third kappa shape index (κ3) is 3.97. The fourth-order valence-electron chi connectivity index (χ4n) is 3.55. The molecule has 0 aromatic heterocycles. The van der Waals surface area contributed by atoms with Crippen molar-refractivity contribution < 1.29 is 9.53 Å². The molecule has 0 amide bonds. The van der Waals surface area contributed by atoms with E-state index >= 15 is 0 Å². The number of ether oxygens (including phenoxy) is 1. The van der Waals surface area contributed by atoms with E-state index in [-0.39, 0.29) is 11.5 Å². The molecule has 4 rings (SSSR count). The molecule has 4 heteroatoms. The second-order valence-corrected chi connectivity index (χ2v) is 7.56. The Morgan fingerprint density at radius 2 is 1.85 bits per heavy atom. The van der Waals surface area contributed by atoms with Gasteiger partial charge in [0.15, 0.2) is 0 Å². The molecule has 0 heterocycles. The van der Waals surface area contributed by atoms with Gasteiger partial charge in [-0.1, -0.05) is 42.5 Å². The summed E-state index contributed by atoms with van der Waals surface area (Å²) in [5.74, 6) is 0.391. The minimum atomic E-state index is -0.287. The fraction of sp³-hybridized carbons (Fsp3) is 0.409. The van der Waals surface area contributed by atoms with Crippen molar-refractivity contribution in [2.75, 3.05) is 13.7 Å². The summed E-state index contributed by atoms with van der Waals surface area (Å²) in [6, 6.07) is 19.1. The molecule has 2 aliphatic rings. The summed E-state index contributed by atoms with van der Waals surface area (Å²) >= 11 is 0. The van der Waals surface area contributed by atoms with Gasteiger partial charge in [0.1, 0.15) is 0 Å². The van der Waals surface area contributed by atoms with Gasteiger partial charge in [-0.25, -0.2) is 4.79 Å². The van der Waals surface area contributed by atoms with Crippen LogP contribution in [0.15, 0.2) is 54.6 Å². The molecule has 2 aliphatic carbocycles. The molecule has 2 saturated carbocycles. The van der Waals surface area contributed by atoms with Gasteiger partial charge in [0.25, 0.3) is 0 Å². The highest BCUT2D eigenvalue weighted by atomic mass is 16.5. The number of carbonyl (C=O) groups excluding carboxylic acids is 1. The average molecular weight is 350 g/mol. The molecule has 0 saturated heterocycles. The molecule has 2 atom stereocenters. The van der Waals surface area contributed by atoms with Crippen LogP contribution in [-0.2, 0) is 11.3 Å². The molecule has 0 radical (unpaired) electrons. The van der Waals surface area contributed by atoms with Crippen LogP contribution >= 0.6 is 0 Å². The quantitative estimate of drug-likeness (QED) is 0.718. The van der Waals surface area contributed by atoms with E-state index in [1.54, 1.807) is 0 Å². The predicted molar refractivity (Wildman–Crippen MR) is 102 cm³/mol. The molecular formula is C22H26N2O2. The second kappa shape index (κ2) is 7.22. The van der Waals surface area contributed by atoms with Gasteiger partial charge in [0.2, 0.25) is 0 Å². The molecule has 0 aliphatic heterocycles. The maximum absolute atomic E-state index is 11.5. The maximum atomic E-state index is 11.5. The van der Waals surface area contributed by atoms with Crippen molar-refractivity contribution in [3.05, 3.63) is 71.3 Å². The number of benzene rings is 2. The van der Waals surface area contributed by atoms with Crippen molar-refractivity contribution in [2.45, 2.75) is 43.3 Å². The summed E-state index contributed by atoms with van der Waals surface area (Å²) in [4.78, 5) is 11.5. The number of nitrogens with one attached hydrogen (secondary N) is 2. The van der Waals surface area contributed by atoms with Gasteiger partial charge in [0, 0.05) is 30.6 Å². The van der Waals surface area contributed by atoms with E-state index in [0.29, 0.717) is 17.5 Å². The molecule has 2 aromatic rings. The molecule has 0 bridgehead atoms. The summed E-state index contributed by atoms with van der Waals surface area (Å²) in [5, 5.41) is 7.46. The molecule has 26 heavy (non-hydrogen) atoms. The topological polar surface area (TPSA) is 50.4 Å². The molecule has 2 N–H and O–H groups in total. The Balaban J connectivity index is 1.23. The van der Waals surface area contributed by atoms with Crippen LogP contribution in [0, 0.1) is 0 Å². The number of hydrogen-bond acceptors (Lipinski definition) is 4. The summed E-state index contributed by atoms with van der Waals surface area (Å²) in [7, 11) is 1.41. The maximum Gasteiger partial charge on any atom is 0.337 e. The summed E-state index contributed by atoms with van der Waals surface area (Å²) in [5.41, 5.74) is 3.48. The van der Waals surface area contributed by atoms with E-state index in [0.717, 1.165) is 13.1 Å². The Kier molecular flexibility index (Phi) is 4.79. The Labute approximate surface area is 155 Å². The van der Waals surface area contributed by atoms with Crippen LogP contribution in [0.4, 0.5) is 0 Å². The zero-order valence-electron chi connectivity index (χ0n) is 15.2. The number of carbonyl (C=O) groups is 1. The standard InChI is InChI=1S/C22H26N2O2/c1-26-21(25)18-9-7-16(8-10-18)14-24-22(11-12-22)15-23-20-13-19(20)17-5-3-2-4-6-17/h2-10,19-20,23-24H,11-15H2,1H3. The summed E-state index contributed by atoms with van der Waals surface area (Å²) < 4.78 is 4.74. The predicted octanol–water partition coefficient (Wildman–Crippen LogP) is 3.24. The third-order valence-corrected chi connectivity index (χ3v) is 5.62. The van der Waals surface area contributed by atoms with E-state index in [4.69, 9.17) is 4.74 Å². The number of rotatable bonds is 8. The Morgan fingerprint density at radius 3 is 2.50 bits per heavy atom. The molecule has 2 aromatic carbocycles. The SMILES string of the molecule is COC(=O)c1ccc(CNC2(CNC3CC3c3ccccc3)CC2)cc1. The summed E-state index contributed by atoms with van der Waals surface area (Å²) in [6.45, 7) is 1.86. The van der Waals surface area contributed by atoms with Crippen molar-refractivity contribution in [1.82, 2.24) is 10.6 Å². The highest BCUT2D eigenvalue weighted by molar-refractivity contribution is 5.89. The lowest BCUT2D eigenvalue weighted by Crippen LogP contribution is -2.41. The van der Waals surface area contributed by atoms with E-state index < -0.39 is 0 Å². The van der Waals surface area contributed by atoms with Gasteiger partial charge < -0.3 is 15.4 Å². The van der Waals surface area contributed by atoms with Gasteiger partial charge in [-0.3, -0.25) is 0 Å². The molecule has 0 spiro atoms. The van der Waals surface area contributed by atoms with Crippen LogP contribution in [-0.4, -0.2) is 31.2 Å². The van der Waals surface area contributed by atoms with Gasteiger partial charge in [-0.15, -0.1) is 0 Å². The summed E-state index contributed by atoms with van der Waals surface area (Å²) in [6.07, 6.45) is 3.70. The zero-order valence-corrected chi connectivity index (χ0v) is 15.2. The van der Waals surface area contributed by atoms with Crippen LogP contribution in [0.1, 0.15) is 46.7 Å². The van der Waals surface area contributed by atoms with Gasteiger partial charge >= 0.3 is 5.97 Å². The highest BCUT2D eigenvalue weighted by Gasteiger charge is 2.45. The Morgan fingerprint density at radius 1 is 1.12 bits per heavy atom. The van der Waals surface area contributed by atoms with Gasteiger partial charge in [-0.05, 0) is 42.5 Å². The smallest absolute Gasteiger partial charge is 0.337 e. The molecule has 2 fully saturated rings. The normalized spacial score (nSPS) is 22.7. The third-order valence-electron chi connectivity index (χ3n) is 5.62. The highest BCUT2D eigenvalue weighted by Crippen LogP contribution is 2.42. The minimum Gasteiger partial charge on any atom is -0.465 e. The van der Waals surface area contributed by atoms with E-state index in [1.807, 2.05) is 24.3 Å². The number of esters is 1. The van der Waals surface area contributed by atoms with Crippen LogP contribution in [0.5, 0.6) is 0 Å². The Hall–Kier alpha value is -2.17. The van der Waals surface area contributed by atoms with Crippen molar-refractivity contribution in [1.29, 1.82) is 0 Å². The second-order valence-electron chi connectivity index (χ2n) is 7.56. The van der Waals surface area contributed by atoms with Crippen molar-refractivity contribution in [3.63, 3.8) is 0 Å². The average Bonchev–Trinajstić information content (AvgIpc) is 3.61. The van der Waals surface area contributed by atoms with Crippen LogP contribution in [0.25, 0.3) is 0 Å². The lowest BCUT2D eigenvalue weighted by Gasteiger charge is -2.18. The molecule has 4 nitrogen and oxygen atoms in total. The minimum absolute atomic E-state index is 0.241. The largest absolute Gasteiger partial charge is 0.465 e. The first-order valence-electron chi connectivity index (χ1n) is 9.40. The zero-order chi connectivity index (χ0) is 18.0. The number of methoxy groups -OCH3 is 1. The van der Waals surface area contributed by atoms with E-state index in [2.05, 4.69) is 41.0 Å². The molecular weight excluding hydrogens is 324 g/mol. The Bertz CT molecular complexity index is 753. The van der Waals surface area contributed by atoms with E-state index in [9.17, 15) is 4.79 Å². The van der Waals surface area contributed by atoms with E-state index in [1.165, 1.54) is 37.5 Å². The van der Waals surface area contributed by atoms with Gasteiger partial charge in [0.05, 0.1) is 12.7 Å². The van der Waals surface area contributed by atoms with Crippen LogP contribution in [0.2, 0.25) is 0 Å². The molecule has 136 valence electrons. The van der Waals surface area contributed by atoms with Crippen molar-refractivity contribution in [2.24, 2.45) is 0 Å². The molecule has 2 unspecified atom stereocenters. The first-order valence-corrected chi connectivity index (χ1v) is 9.40. The number of hydrogen-bond donors (Lipinski definition) is 2. The lowest BCUT2D eigenvalue weighted by atomic mass is 10.1. The van der Waals surface area contributed by atoms with Gasteiger partial charge in [-0.2, -0.15) is 0 Å². The fourth-order valence-corrected chi connectivity index (χ4v) is 3.55. The first-order chi connectivity index (χ1) is 12.7. The van der Waals surface area contributed by atoms with Crippen molar-refractivity contribution >= 4 is 5.97 Å². The monoisotopic (exact) mass is 350 g/mol. The first kappa shape index (κ1) is 17.3. The van der Waals surface area contributed by atoms with Crippen LogP contribution < -0.4 is 10.6 Å². The van der Waals surface area contributed by atoms with Crippen LogP contribution in [0.3, 0.4) is 0 Å². The van der Waals surface area contributed by atoms with Crippen molar-refractivity contribution in [3.8, 4) is 0 Å².